The summed E-state index contributed by atoms with van der Waals surface area (Å²) >= 11 is 2.80. The van der Waals surface area contributed by atoms with Gasteiger partial charge in [0.05, 0.1) is 11.3 Å². The minimum Gasteiger partial charge on any atom is -0.316 e. The zero-order chi connectivity index (χ0) is 18.6. The molecule has 0 saturated heterocycles. The minimum atomic E-state index is -0.152. The number of amides is 1. The lowest BCUT2D eigenvalue weighted by atomic mass is 9.96. The lowest BCUT2D eigenvalue weighted by Gasteiger charge is -2.09. The molecule has 27 heavy (non-hydrogen) atoms. The number of hydrogen-bond donors (Lipinski definition) is 2. The van der Waals surface area contributed by atoms with Crippen LogP contribution in [0.4, 0.5) is 5.00 Å². The Morgan fingerprint density at radius 3 is 2.93 bits per heavy atom. The van der Waals surface area contributed by atoms with Crippen LogP contribution in [0.15, 0.2) is 35.5 Å². The number of nitrogens with one attached hydrogen (secondary N) is 2. The Bertz CT molecular complexity index is 1000. The summed E-state index contributed by atoms with van der Waals surface area (Å²) in [6.45, 7) is 0. The van der Waals surface area contributed by atoms with Gasteiger partial charge in [0.25, 0.3) is 0 Å². The quantitative estimate of drug-likeness (QED) is 0.637. The molecule has 1 aromatic carbocycles. The van der Waals surface area contributed by atoms with Crippen LogP contribution in [-0.2, 0) is 17.6 Å². The van der Waals surface area contributed by atoms with Gasteiger partial charge >= 0.3 is 0 Å². The molecule has 6 nitrogen and oxygen atoms in total. The monoisotopic (exact) mass is 395 g/mol. The van der Waals surface area contributed by atoms with E-state index in [0.717, 1.165) is 36.8 Å². The molecule has 3 aromatic rings. The third kappa shape index (κ3) is 3.89. The fraction of sp³-hybridized carbons (Fsp3) is 0.263. The van der Waals surface area contributed by atoms with Gasteiger partial charge in [-0.15, -0.1) is 16.4 Å². The SMILES string of the molecule is N#Cc1c(NC(=O)CSc2n[nH]c(-c3ccccc3)n2)sc2c1CCCC2. The molecule has 0 aliphatic heterocycles. The van der Waals surface area contributed by atoms with Crippen molar-refractivity contribution < 1.29 is 4.79 Å². The molecule has 1 aliphatic rings. The summed E-state index contributed by atoms with van der Waals surface area (Å²) in [5.74, 6) is 0.719. The molecular weight excluding hydrogens is 378 g/mol. The van der Waals surface area contributed by atoms with Crippen molar-refractivity contribution >= 4 is 34.0 Å². The summed E-state index contributed by atoms with van der Waals surface area (Å²) in [5, 5.41) is 20.6. The van der Waals surface area contributed by atoms with E-state index in [1.165, 1.54) is 28.0 Å². The molecule has 0 bridgehead atoms. The smallest absolute Gasteiger partial charge is 0.235 e. The van der Waals surface area contributed by atoms with Crippen molar-refractivity contribution in [2.45, 2.75) is 30.8 Å². The van der Waals surface area contributed by atoms with Gasteiger partial charge in [-0.3, -0.25) is 9.89 Å². The molecule has 0 atom stereocenters. The molecular formula is C19H17N5OS2. The molecule has 4 rings (SSSR count). The van der Waals surface area contributed by atoms with Crippen molar-refractivity contribution in [3.63, 3.8) is 0 Å². The van der Waals surface area contributed by atoms with Crippen LogP contribution in [0.5, 0.6) is 0 Å². The van der Waals surface area contributed by atoms with Gasteiger partial charge in [-0.1, -0.05) is 42.1 Å². The van der Waals surface area contributed by atoms with Crippen LogP contribution in [0.1, 0.15) is 28.8 Å². The van der Waals surface area contributed by atoms with E-state index in [1.54, 1.807) is 0 Å². The molecule has 2 aromatic heterocycles. The van der Waals surface area contributed by atoms with Crippen molar-refractivity contribution in [2.75, 3.05) is 11.1 Å². The van der Waals surface area contributed by atoms with Gasteiger partial charge in [0.15, 0.2) is 5.82 Å². The number of nitrogens with zero attached hydrogens (tertiary/aromatic N) is 3. The highest BCUT2D eigenvalue weighted by Crippen LogP contribution is 2.37. The van der Waals surface area contributed by atoms with Crippen molar-refractivity contribution in [3.8, 4) is 17.5 Å². The van der Waals surface area contributed by atoms with Crippen molar-refractivity contribution in [2.24, 2.45) is 0 Å². The second-order valence-corrected chi connectivity index (χ2v) is 8.24. The van der Waals surface area contributed by atoms with E-state index in [9.17, 15) is 10.1 Å². The van der Waals surface area contributed by atoms with E-state index in [0.29, 0.717) is 21.5 Å². The molecule has 0 unspecified atom stereocenters. The third-order valence-corrected chi connectivity index (χ3v) is 6.44. The minimum absolute atomic E-state index is 0.152. The first-order valence-electron chi connectivity index (χ1n) is 8.69. The predicted molar refractivity (Wildman–Crippen MR) is 107 cm³/mol. The molecule has 1 amide bonds. The van der Waals surface area contributed by atoms with Crippen LogP contribution in [-0.4, -0.2) is 26.8 Å². The summed E-state index contributed by atoms with van der Waals surface area (Å²) in [6.07, 6.45) is 4.18. The Morgan fingerprint density at radius 1 is 1.30 bits per heavy atom. The number of nitriles is 1. The predicted octanol–water partition coefficient (Wildman–Crippen LogP) is 4.01. The van der Waals surface area contributed by atoms with Crippen LogP contribution in [0.25, 0.3) is 11.4 Å². The van der Waals surface area contributed by atoms with Gasteiger partial charge in [-0.25, -0.2) is 4.98 Å². The van der Waals surface area contributed by atoms with E-state index in [1.807, 2.05) is 30.3 Å². The number of aromatic amines is 1. The number of H-pyrrole nitrogens is 1. The number of thiophene rings is 1. The zero-order valence-electron chi connectivity index (χ0n) is 14.5. The van der Waals surface area contributed by atoms with Crippen molar-refractivity contribution in [1.82, 2.24) is 15.2 Å². The lowest BCUT2D eigenvalue weighted by molar-refractivity contribution is -0.113. The summed E-state index contributed by atoms with van der Waals surface area (Å²) in [4.78, 5) is 18.0. The van der Waals surface area contributed by atoms with Gasteiger partial charge in [0, 0.05) is 10.4 Å². The maximum Gasteiger partial charge on any atom is 0.235 e. The molecule has 0 fully saturated rings. The Morgan fingerprint density at radius 2 is 2.11 bits per heavy atom. The topological polar surface area (TPSA) is 94.5 Å². The van der Waals surface area contributed by atoms with Gasteiger partial charge in [0.2, 0.25) is 11.1 Å². The van der Waals surface area contributed by atoms with Crippen molar-refractivity contribution in [1.29, 1.82) is 5.26 Å². The summed E-state index contributed by atoms with van der Waals surface area (Å²) in [7, 11) is 0. The largest absolute Gasteiger partial charge is 0.316 e. The second-order valence-electron chi connectivity index (χ2n) is 6.20. The van der Waals surface area contributed by atoms with Crippen LogP contribution in [0.2, 0.25) is 0 Å². The van der Waals surface area contributed by atoms with Gasteiger partial charge < -0.3 is 5.32 Å². The highest BCUT2D eigenvalue weighted by molar-refractivity contribution is 7.99. The third-order valence-electron chi connectivity index (χ3n) is 4.38. The number of aromatic nitrogens is 3. The number of fused-ring (bicyclic) bond motifs is 1. The standard InChI is InChI=1S/C19H17N5OS2/c20-10-14-13-8-4-5-9-15(13)27-18(14)21-16(25)11-26-19-22-17(23-24-19)12-6-2-1-3-7-12/h1-3,6-7H,4-5,8-9,11H2,(H,21,25)(H,22,23,24). The van der Waals surface area contributed by atoms with Crippen LogP contribution < -0.4 is 5.32 Å². The molecule has 2 heterocycles. The maximum atomic E-state index is 12.3. The van der Waals surface area contributed by atoms with E-state index in [4.69, 9.17) is 0 Å². The van der Waals surface area contributed by atoms with E-state index < -0.39 is 0 Å². The average Bonchev–Trinajstić information content (AvgIpc) is 3.31. The van der Waals surface area contributed by atoms with Gasteiger partial charge in [0.1, 0.15) is 11.1 Å². The van der Waals surface area contributed by atoms with Crippen LogP contribution in [0, 0.1) is 11.3 Å². The first-order valence-corrected chi connectivity index (χ1v) is 10.5. The number of thioether (sulfide) groups is 1. The molecule has 0 saturated carbocycles. The summed E-state index contributed by atoms with van der Waals surface area (Å²) in [5.41, 5.74) is 2.71. The molecule has 2 N–H and O–H groups in total. The first-order chi connectivity index (χ1) is 13.2. The fourth-order valence-corrected chi connectivity index (χ4v) is 4.96. The summed E-state index contributed by atoms with van der Waals surface area (Å²) < 4.78 is 0. The number of anilines is 1. The normalized spacial score (nSPS) is 13.0. The Hall–Kier alpha value is -2.63. The fourth-order valence-electron chi connectivity index (χ4n) is 3.10. The number of aryl methyl sites for hydroxylation is 1. The van der Waals surface area contributed by atoms with E-state index >= 15 is 0 Å². The number of rotatable bonds is 5. The van der Waals surface area contributed by atoms with E-state index in [2.05, 4.69) is 26.6 Å². The second kappa shape index (κ2) is 7.94. The Kier molecular flexibility index (Phi) is 5.23. The summed E-state index contributed by atoms with van der Waals surface area (Å²) in [6, 6.07) is 12.0. The van der Waals surface area contributed by atoms with Crippen molar-refractivity contribution in [3.05, 3.63) is 46.3 Å². The number of carbonyl (C=O) groups is 1. The molecule has 0 radical (unpaired) electrons. The van der Waals surface area contributed by atoms with Gasteiger partial charge in [-0.05, 0) is 31.2 Å². The van der Waals surface area contributed by atoms with Crippen LogP contribution >= 0.6 is 23.1 Å². The molecule has 8 heteroatoms. The highest BCUT2D eigenvalue weighted by Gasteiger charge is 2.22. The zero-order valence-corrected chi connectivity index (χ0v) is 16.1. The number of carbonyl (C=O) groups excluding carboxylic acids is 1. The number of benzene rings is 1. The molecule has 0 spiro atoms. The van der Waals surface area contributed by atoms with Crippen LogP contribution in [0.3, 0.4) is 0 Å². The number of hydrogen-bond acceptors (Lipinski definition) is 6. The Balaban J connectivity index is 1.39. The average molecular weight is 396 g/mol. The Labute approximate surface area is 165 Å². The van der Waals surface area contributed by atoms with E-state index in [-0.39, 0.29) is 11.7 Å². The highest BCUT2D eigenvalue weighted by atomic mass is 32.2. The van der Waals surface area contributed by atoms with Gasteiger partial charge in [-0.2, -0.15) is 5.26 Å². The molecule has 136 valence electrons. The molecule has 1 aliphatic carbocycles. The maximum absolute atomic E-state index is 12.3. The first kappa shape index (κ1) is 17.8. The lowest BCUT2D eigenvalue weighted by Crippen LogP contribution is -2.14.